The van der Waals surface area contributed by atoms with Gasteiger partial charge in [0.15, 0.2) is 0 Å². The van der Waals surface area contributed by atoms with Gasteiger partial charge in [0.1, 0.15) is 5.75 Å². The molecule has 1 aromatic carbocycles. The maximum Gasteiger partial charge on any atom is 0.401 e. The van der Waals surface area contributed by atoms with E-state index in [9.17, 15) is 18.3 Å². The molecule has 118 valence electrons. The highest BCUT2D eigenvalue weighted by Gasteiger charge is 2.34. The number of phenols is 1. The molecule has 21 heavy (non-hydrogen) atoms. The Morgan fingerprint density at radius 3 is 2.86 bits per heavy atom. The lowest BCUT2D eigenvalue weighted by Crippen LogP contribution is -2.33. The molecule has 0 aliphatic carbocycles. The number of benzene rings is 1. The second-order valence-electron chi connectivity index (χ2n) is 5.77. The lowest BCUT2D eigenvalue weighted by atomic mass is 10.1. The molecule has 1 fully saturated rings. The van der Waals surface area contributed by atoms with Crippen LogP contribution in [0.25, 0.3) is 0 Å². The van der Waals surface area contributed by atoms with E-state index in [0.29, 0.717) is 26.2 Å². The van der Waals surface area contributed by atoms with Crippen LogP contribution < -0.4 is 5.32 Å². The molecule has 1 unspecified atom stereocenters. The van der Waals surface area contributed by atoms with E-state index < -0.39 is 12.7 Å². The van der Waals surface area contributed by atoms with Crippen LogP contribution in [0.5, 0.6) is 5.75 Å². The Kier molecular flexibility index (Phi) is 5.11. The molecule has 1 aliphatic rings. The third kappa shape index (κ3) is 5.21. The van der Waals surface area contributed by atoms with Crippen LogP contribution in [-0.4, -0.2) is 42.4 Å². The number of alkyl halides is 3. The molecule has 1 saturated heterocycles. The average molecular weight is 302 g/mol. The molecule has 3 nitrogen and oxygen atoms in total. The van der Waals surface area contributed by atoms with E-state index in [-0.39, 0.29) is 11.7 Å². The topological polar surface area (TPSA) is 35.5 Å². The number of hydrogen-bond donors (Lipinski definition) is 2. The van der Waals surface area contributed by atoms with Crippen LogP contribution in [0.15, 0.2) is 18.2 Å². The smallest absolute Gasteiger partial charge is 0.401 e. The number of likely N-dealkylation sites (tertiary alicyclic amines) is 1. The highest BCUT2D eigenvalue weighted by Crippen LogP contribution is 2.23. The lowest BCUT2D eigenvalue weighted by molar-refractivity contribution is -0.143. The van der Waals surface area contributed by atoms with Crippen LogP contribution in [-0.2, 0) is 6.54 Å². The number of nitrogens with one attached hydrogen (secondary N) is 1. The van der Waals surface area contributed by atoms with Crippen molar-refractivity contribution in [3.05, 3.63) is 29.3 Å². The van der Waals surface area contributed by atoms with Crippen molar-refractivity contribution in [2.24, 2.45) is 5.92 Å². The molecule has 1 aliphatic heterocycles. The standard InChI is InChI=1S/C15H21F3N2O/c1-11-2-3-14(21)13(6-11)8-19-7-12-4-5-20(9-12)10-15(16,17)18/h2-3,6,12,19,21H,4-5,7-10H2,1H3. The van der Waals surface area contributed by atoms with Gasteiger partial charge in [0.05, 0.1) is 6.54 Å². The molecular weight excluding hydrogens is 281 g/mol. The van der Waals surface area contributed by atoms with Crippen molar-refractivity contribution in [2.75, 3.05) is 26.2 Å². The van der Waals surface area contributed by atoms with Gasteiger partial charge in [-0.15, -0.1) is 0 Å². The first kappa shape index (κ1) is 16.1. The summed E-state index contributed by atoms with van der Waals surface area (Å²) in [5.74, 6) is 0.484. The molecule has 1 atom stereocenters. The molecular formula is C15H21F3N2O. The fourth-order valence-corrected chi connectivity index (χ4v) is 2.74. The molecule has 0 radical (unpaired) electrons. The van der Waals surface area contributed by atoms with Crippen LogP contribution in [0, 0.1) is 12.8 Å². The molecule has 6 heteroatoms. The Morgan fingerprint density at radius 2 is 2.14 bits per heavy atom. The van der Waals surface area contributed by atoms with E-state index in [0.717, 1.165) is 17.5 Å². The third-order valence-corrected chi connectivity index (χ3v) is 3.76. The predicted octanol–water partition coefficient (Wildman–Crippen LogP) is 2.67. The molecule has 1 heterocycles. The number of nitrogens with zero attached hydrogens (tertiary/aromatic N) is 1. The second kappa shape index (κ2) is 6.66. The summed E-state index contributed by atoms with van der Waals surface area (Å²) in [7, 11) is 0. The monoisotopic (exact) mass is 302 g/mol. The first-order chi connectivity index (χ1) is 9.83. The van der Waals surface area contributed by atoms with Crippen molar-refractivity contribution in [3.63, 3.8) is 0 Å². The van der Waals surface area contributed by atoms with Gasteiger partial charge in [-0.1, -0.05) is 17.7 Å². The molecule has 0 amide bonds. The SMILES string of the molecule is Cc1ccc(O)c(CNCC2CCN(CC(F)(F)F)C2)c1. The van der Waals surface area contributed by atoms with Crippen LogP contribution in [0.4, 0.5) is 13.2 Å². The minimum absolute atomic E-state index is 0.235. The van der Waals surface area contributed by atoms with Gasteiger partial charge < -0.3 is 10.4 Å². The molecule has 2 rings (SSSR count). The van der Waals surface area contributed by atoms with Gasteiger partial charge in [-0.2, -0.15) is 13.2 Å². The van der Waals surface area contributed by atoms with E-state index >= 15 is 0 Å². The van der Waals surface area contributed by atoms with Crippen LogP contribution in [0.3, 0.4) is 0 Å². The first-order valence-corrected chi connectivity index (χ1v) is 7.12. The summed E-state index contributed by atoms with van der Waals surface area (Å²) < 4.78 is 36.9. The minimum atomic E-state index is -4.12. The Morgan fingerprint density at radius 1 is 1.38 bits per heavy atom. The summed E-state index contributed by atoms with van der Waals surface area (Å²) >= 11 is 0. The summed E-state index contributed by atoms with van der Waals surface area (Å²) in [6.07, 6.45) is -3.33. The van der Waals surface area contributed by atoms with Gasteiger partial charge in [-0.05, 0) is 38.4 Å². The van der Waals surface area contributed by atoms with Gasteiger partial charge in [0, 0.05) is 18.7 Å². The summed E-state index contributed by atoms with van der Waals surface area (Å²) in [4.78, 5) is 1.45. The number of aromatic hydroxyl groups is 1. The van der Waals surface area contributed by atoms with E-state index in [1.807, 2.05) is 19.1 Å². The van der Waals surface area contributed by atoms with Crippen molar-refractivity contribution in [2.45, 2.75) is 26.1 Å². The Bertz CT molecular complexity index is 476. The Hall–Kier alpha value is -1.27. The Balaban J connectivity index is 1.74. The highest BCUT2D eigenvalue weighted by molar-refractivity contribution is 5.35. The van der Waals surface area contributed by atoms with Crippen molar-refractivity contribution < 1.29 is 18.3 Å². The summed E-state index contributed by atoms with van der Waals surface area (Å²) in [6, 6.07) is 5.41. The first-order valence-electron chi connectivity index (χ1n) is 7.12. The van der Waals surface area contributed by atoms with Crippen molar-refractivity contribution in [1.29, 1.82) is 0 Å². The highest BCUT2D eigenvalue weighted by atomic mass is 19.4. The normalized spacial score (nSPS) is 20.1. The quantitative estimate of drug-likeness (QED) is 0.878. The fourth-order valence-electron chi connectivity index (χ4n) is 2.74. The van der Waals surface area contributed by atoms with Gasteiger partial charge >= 0.3 is 6.18 Å². The van der Waals surface area contributed by atoms with Crippen molar-refractivity contribution >= 4 is 0 Å². The maximum atomic E-state index is 12.3. The van der Waals surface area contributed by atoms with Crippen LogP contribution in [0.1, 0.15) is 17.5 Å². The maximum absolute atomic E-state index is 12.3. The molecule has 0 saturated carbocycles. The molecule has 1 aromatic rings. The van der Waals surface area contributed by atoms with Crippen LogP contribution >= 0.6 is 0 Å². The van der Waals surface area contributed by atoms with Crippen molar-refractivity contribution in [3.8, 4) is 5.75 Å². The van der Waals surface area contributed by atoms with E-state index in [2.05, 4.69) is 5.32 Å². The third-order valence-electron chi connectivity index (χ3n) is 3.76. The predicted molar refractivity (Wildman–Crippen MR) is 75.2 cm³/mol. The van der Waals surface area contributed by atoms with Gasteiger partial charge in [0.25, 0.3) is 0 Å². The van der Waals surface area contributed by atoms with Gasteiger partial charge in [-0.25, -0.2) is 0 Å². The number of phenolic OH excluding ortho intramolecular Hbond substituents is 1. The lowest BCUT2D eigenvalue weighted by Gasteiger charge is -2.18. The molecule has 0 spiro atoms. The average Bonchev–Trinajstić information content (AvgIpc) is 2.79. The fraction of sp³-hybridized carbons (Fsp3) is 0.600. The zero-order chi connectivity index (χ0) is 15.5. The van der Waals surface area contributed by atoms with Gasteiger partial charge in [0.2, 0.25) is 0 Å². The molecule has 0 aromatic heterocycles. The van der Waals surface area contributed by atoms with Crippen molar-refractivity contribution in [1.82, 2.24) is 10.2 Å². The Labute approximate surface area is 122 Å². The largest absolute Gasteiger partial charge is 0.508 e. The number of aryl methyl sites for hydroxylation is 1. The van der Waals surface area contributed by atoms with E-state index in [1.165, 1.54) is 4.90 Å². The number of hydrogen-bond acceptors (Lipinski definition) is 3. The second-order valence-corrected chi connectivity index (χ2v) is 5.77. The van der Waals surface area contributed by atoms with E-state index in [4.69, 9.17) is 0 Å². The summed E-state index contributed by atoms with van der Waals surface area (Å²) in [6.45, 7) is 3.32. The zero-order valence-corrected chi connectivity index (χ0v) is 12.1. The summed E-state index contributed by atoms with van der Waals surface area (Å²) in [5, 5.41) is 13.0. The zero-order valence-electron chi connectivity index (χ0n) is 12.1. The minimum Gasteiger partial charge on any atom is -0.508 e. The number of halogens is 3. The molecule has 2 N–H and O–H groups in total. The molecule has 0 bridgehead atoms. The van der Waals surface area contributed by atoms with E-state index in [1.54, 1.807) is 6.07 Å². The van der Waals surface area contributed by atoms with Gasteiger partial charge in [-0.3, -0.25) is 4.90 Å². The summed E-state index contributed by atoms with van der Waals surface area (Å²) in [5.41, 5.74) is 1.89. The van der Waals surface area contributed by atoms with Crippen LogP contribution in [0.2, 0.25) is 0 Å². The number of rotatable bonds is 5.